The number of nitrogen functional groups attached to an aromatic ring is 1. The highest BCUT2D eigenvalue weighted by atomic mass is 35.5. The first-order valence-corrected chi connectivity index (χ1v) is 5.64. The van der Waals surface area contributed by atoms with Crippen molar-refractivity contribution in [2.75, 3.05) is 5.73 Å². The second kappa shape index (κ2) is 4.44. The van der Waals surface area contributed by atoms with Crippen molar-refractivity contribution in [3.05, 3.63) is 11.2 Å². The van der Waals surface area contributed by atoms with Crippen molar-refractivity contribution in [3.63, 3.8) is 0 Å². The summed E-state index contributed by atoms with van der Waals surface area (Å²) in [5.41, 5.74) is 5.93. The van der Waals surface area contributed by atoms with Gasteiger partial charge in [0, 0.05) is 12.7 Å². The lowest BCUT2D eigenvalue weighted by Gasteiger charge is -2.23. The van der Waals surface area contributed by atoms with Crippen molar-refractivity contribution in [2.24, 2.45) is 11.3 Å². The van der Waals surface area contributed by atoms with Crippen LogP contribution in [-0.4, -0.2) is 9.78 Å². The Morgan fingerprint density at radius 2 is 2.13 bits per heavy atom. The lowest BCUT2D eigenvalue weighted by atomic mass is 9.85. The molecule has 4 heteroatoms. The molecule has 0 aliphatic rings. The van der Waals surface area contributed by atoms with Crippen LogP contribution in [0.15, 0.2) is 6.20 Å². The third-order valence-corrected chi connectivity index (χ3v) is 2.49. The van der Waals surface area contributed by atoms with Crippen LogP contribution in [0.5, 0.6) is 0 Å². The number of anilines is 1. The monoisotopic (exact) mass is 229 g/mol. The highest BCUT2D eigenvalue weighted by Gasteiger charge is 2.16. The summed E-state index contributed by atoms with van der Waals surface area (Å²) in [5.74, 6) is 0.986. The third kappa shape index (κ3) is 4.12. The SMILES string of the molecule is CC(Cn1cc(Cl)c(N)n1)CC(C)(C)C. The maximum Gasteiger partial charge on any atom is 0.164 e. The van der Waals surface area contributed by atoms with Crippen molar-refractivity contribution in [3.8, 4) is 0 Å². The fraction of sp³-hybridized carbons (Fsp3) is 0.727. The summed E-state index contributed by atoms with van der Waals surface area (Å²) in [6.07, 6.45) is 2.94. The smallest absolute Gasteiger partial charge is 0.164 e. The molecule has 0 saturated heterocycles. The van der Waals surface area contributed by atoms with E-state index in [2.05, 4.69) is 32.8 Å². The molecule has 1 aromatic rings. The predicted molar refractivity (Wildman–Crippen MR) is 64.9 cm³/mol. The van der Waals surface area contributed by atoms with Gasteiger partial charge in [0.05, 0.1) is 0 Å². The van der Waals surface area contributed by atoms with Gasteiger partial charge in [0.25, 0.3) is 0 Å². The molecular formula is C11H20ClN3. The van der Waals surface area contributed by atoms with Crippen LogP contribution in [0.4, 0.5) is 5.82 Å². The first-order valence-electron chi connectivity index (χ1n) is 5.26. The van der Waals surface area contributed by atoms with Gasteiger partial charge in [0.15, 0.2) is 5.82 Å². The summed E-state index contributed by atoms with van der Waals surface area (Å²) >= 11 is 5.84. The Kier molecular flexibility index (Phi) is 3.66. The molecule has 1 rings (SSSR count). The Labute approximate surface area is 96.6 Å². The van der Waals surface area contributed by atoms with E-state index in [0.29, 0.717) is 22.2 Å². The van der Waals surface area contributed by atoms with Gasteiger partial charge in [-0.15, -0.1) is 0 Å². The van der Waals surface area contributed by atoms with Gasteiger partial charge in [-0.05, 0) is 17.8 Å². The molecule has 1 unspecified atom stereocenters. The predicted octanol–water partition coefficient (Wildman–Crippen LogP) is 3.19. The van der Waals surface area contributed by atoms with E-state index in [1.54, 1.807) is 6.20 Å². The minimum Gasteiger partial charge on any atom is -0.381 e. The lowest BCUT2D eigenvalue weighted by Crippen LogP contribution is -2.16. The summed E-state index contributed by atoms with van der Waals surface area (Å²) in [7, 11) is 0. The van der Waals surface area contributed by atoms with Gasteiger partial charge in [-0.2, -0.15) is 5.10 Å². The van der Waals surface area contributed by atoms with Gasteiger partial charge in [0.1, 0.15) is 5.02 Å². The molecule has 2 N–H and O–H groups in total. The number of hydrogen-bond donors (Lipinski definition) is 1. The van der Waals surface area contributed by atoms with Gasteiger partial charge < -0.3 is 5.73 Å². The van der Waals surface area contributed by atoms with E-state index < -0.39 is 0 Å². The van der Waals surface area contributed by atoms with Crippen LogP contribution >= 0.6 is 11.6 Å². The Morgan fingerprint density at radius 3 is 2.53 bits per heavy atom. The zero-order valence-corrected chi connectivity index (χ0v) is 10.7. The highest BCUT2D eigenvalue weighted by molar-refractivity contribution is 6.32. The number of nitrogens with zero attached hydrogens (tertiary/aromatic N) is 2. The van der Waals surface area contributed by atoms with Crippen LogP contribution in [0.25, 0.3) is 0 Å². The fourth-order valence-electron chi connectivity index (χ4n) is 1.93. The highest BCUT2D eigenvalue weighted by Crippen LogP contribution is 2.25. The third-order valence-electron chi connectivity index (χ3n) is 2.20. The first kappa shape index (κ1) is 12.4. The van der Waals surface area contributed by atoms with E-state index >= 15 is 0 Å². The summed E-state index contributed by atoms with van der Waals surface area (Å²) in [5, 5.41) is 4.68. The van der Waals surface area contributed by atoms with Crippen molar-refractivity contribution in [1.82, 2.24) is 9.78 Å². The number of hydrogen-bond acceptors (Lipinski definition) is 2. The Balaban J connectivity index is 2.55. The molecule has 3 nitrogen and oxygen atoms in total. The van der Waals surface area contributed by atoms with E-state index in [0.717, 1.165) is 13.0 Å². The summed E-state index contributed by atoms with van der Waals surface area (Å²) in [6, 6.07) is 0. The number of aromatic nitrogens is 2. The molecule has 86 valence electrons. The minimum absolute atomic E-state index is 0.349. The molecule has 0 fully saturated rings. The molecule has 0 bridgehead atoms. The van der Waals surface area contributed by atoms with Crippen LogP contribution in [0.3, 0.4) is 0 Å². The number of nitrogens with two attached hydrogens (primary N) is 1. The van der Waals surface area contributed by atoms with E-state index in [1.165, 1.54) is 0 Å². The van der Waals surface area contributed by atoms with Gasteiger partial charge in [-0.25, -0.2) is 0 Å². The maximum absolute atomic E-state index is 5.84. The average molecular weight is 230 g/mol. The van der Waals surface area contributed by atoms with Crippen LogP contribution in [0.2, 0.25) is 5.02 Å². The van der Waals surface area contributed by atoms with Crippen molar-refractivity contribution in [2.45, 2.75) is 40.7 Å². The minimum atomic E-state index is 0.349. The fourth-order valence-corrected chi connectivity index (χ4v) is 2.09. The molecule has 0 aliphatic carbocycles. The summed E-state index contributed by atoms with van der Waals surface area (Å²) < 4.78 is 1.83. The molecule has 1 heterocycles. The second-order valence-electron chi connectivity index (χ2n) is 5.45. The zero-order valence-electron chi connectivity index (χ0n) is 9.92. The zero-order chi connectivity index (χ0) is 11.6. The van der Waals surface area contributed by atoms with Crippen LogP contribution in [0, 0.1) is 11.3 Å². The van der Waals surface area contributed by atoms with E-state index in [-0.39, 0.29) is 0 Å². The van der Waals surface area contributed by atoms with Crippen molar-refractivity contribution >= 4 is 17.4 Å². The molecule has 15 heavy (non-hydrogen) atoms. The quantitative estimate of drug-likeness (QED) is 0.865. The molecule has 0 spiro atoms. The van der Waals surface area contributed by atoms with E-state index in [4.69, 9.17) is 17.3 Å². The topological polar surface area (TPSA) is 43.8 Å². The van der Waals surface area contributed by atoms with Gasteiger partial charge in [-0.1, -0.05) is 39.3 Å². The maximum atomic E-state index is 5.84. The molecule has 0 aromatic carbocycles. The summed E-state index contributed by atoms with van der Waals surface area (Å²) in [4.78, 5) is 0. The van der Waals surface area contributed by atoms with Crippen LogP contribution < -0.4 is 5.73 Å². The van der Waals surface area contributed by atoms with E-state index in [9.17, 15) is 0 Å². The normalized spacial score (nSPS) is 14.2. The summed E-state index contributed by atoms with van der Waals surface area (Å²) in [6.45, 7) is 9.82. The molecule has 0 aliphatic heterocycles. The van der Waals surface area contributed by atoms with Crippen molar-refractivity contribution < 1.29 is 0 Å². The number of halogens is 1. The molecule has 1 aromatic heterocycles. The van der Waals surface area contributed by atoms with E-state index in [1.807, 2.05) is 4.68 Å². The molecule has 0 radical (unpaired) electrons. The largest absolute Gasteiger partial charge is 0.381 e. The number of rotatable bonds is 3. The van der Waals surface area contributed by atoms with Gasteiger partial charge in [-0.3, -0.25) is 4.68 Å². The Hall–Kier alpha value is -0.700. The Bertz CT molecular complexity index is 306. The average Bonchev–Trinajstić information content (AvgIpc) is 2.26. The van der Waals surface area contributed by atoms with Gasteiger partial charge in [0.2, 0.25) is 0 Å². The van der Waals surface area contributed by atoms with Crippen LogP contribution in [0.1, 0.15) is 34.1 Å². The standard InChI is InChI=1S/C11H20ClN3/c1-8(5-11(2,3)4)6-15-7-9(12)10(13)14-15/h7-8H,5-6H2,1-4H3,(H2,13,14). The molecule has 1 atom stereocenters. The second-order valence-corrected chi connectivity index (χ2v) is 5.86. The molecule has 0 amide bonds. The lowest BCUT2D eigenvalue weighted by molar-refractivity contribution is 0.280. The Morgan fingerprint density at radius 1 is 1.53 bits per heavy atom. The van der Waals surface area contributed by atoms with Crippen molar-refractivity contribution in [1.29, 1.82) is 0 Å². The van der Waals surface area contributed by atoms with Gasteiger partial charge >= 0.3 is 0 Å². The first-order chi connectivity index (χ1) is 6.78. The molecule has 0 saturated carbocycles. The molecular weight excluding hydrogens is 210 g/mol. The van der Waals surface area contributed by atoms with Crippen LogP contribution in [-0.2, 0) is 6.54 Å².